The summed E-state index contributed by atoms with van der Waals surface area (Å²) in [5, 5.41) is 8.15. The molecule has 2 atom stereocenters. The lowest BCUT2D eigenvalue weighted by molar-refractivity contribution is -0.140. The molecule has 2 fully saturated rings. The van der Waals surface area contributed by atoms with Gasteiger partial charge in [-0.2, -0.15) is 5.10 Å². The van der Waals surface area contributed by atoms with Crippen molar-refractivity contribution < 1.29 is 22.7 Å². The van der Waals surface area contributed by atoms with Crippen LogP contribution >= 0.6 is 0 Å². The Hall–Kier alpha value is -2.17. The van der Waals surface area contributed by atoms with Crippen molar-refractivity contribution in [1.82, 2.24) is 19.8 Å². The molecule has 1 aromatic carbocycles. The Bertz CT molecular complexity index is 1090. The molecule has 9 nitrogen and oxygen atoms in total. The zero-order valence-electron chi connectivity index (χ0n) is 18.2. The van der Waals surface area contributed by atoms with Gasteiger partial charge in [0.2, 0.25) is 10.0 Å². The van der Waals surface area contributed by atoms with Crippen molar-refractivity contribution in [1.29, 1.82) is 0 Å². The summed E-state index contributed by atoms with van der Waals surface area (Å²) in [6.45, 7) is 0.804. The topological polar surface area (TPSA) is 114 Å². The summed E-state index contributed by atoms with van der Waals surface area (Å²) in [5.74, 6) is 0.918. The third-order valence-corrected chi connectivity index (χ3v) is 7.73. The molecule has 1 aromatic heterocycles. The third-order valence-electron chi connectivity index (χ3n) is 7.00. The average Bonchev–Trinajstić information content (AvgIpc) is 3.22. The number of fused-ring (bicyclic) bond motifs is 6. The molecule has 2 bridgehead atoms. The van der Waals surface area contributed by atoms with E-state index in [0.29, 0.717) is 25.5 Å². The van der Waals surface area contributed by atoms with E-state index in [4.69, 9.17) is 9.47 Å². The van der Waals surface area contributed by atoms with Crippen LogP contribution < -0.4 is 9.46 Å². The standard InChI is InChI=1S/C22H30N4O5S/c1-32(28,29)25-18-3-2-8-26-20(18)12-30-16-6-4-14(5-7-16)17-9-15-11-23-24-19(15)10-21(17)31-13-22(26)27/h9-11,14,16,18,20,25H,2-8,12-13H2,1H3,(H,23,24)/t14?,16?,18-,20-/m0/s1. The van der Waals surface area contributed by atoms with Gasteiger partial charge in [0.05, 0.1) is 36.7 Å². The molecule has 6 rings (SSSR count). The first kappa shape index (κ1) is 21.7. The molecule has 4 aliphatic rings. The molecule has 4 heterocycles. The van der Waals surface area contributed by atoms with Gasteiger partial charge >= 0.3 is 0 Å². The number of carbonyl (C=O) groups excluding carboxylic acids is 1. The van der Waals surface area contributed by atoms with Gasteiger partial charge in [0.15, 0.2) is 6.61 Å². The van der Waals surface area contributed by atoms with Gasteiger partial charge in [0, 0.05) is 24.0 Å². The molecule has 1 saturated carbocycles. The number of carbonyl (C=O) groups is 1. The number of aromatic nitrogens is 2. The minimum Gasteiger partial charge on any atom is -0.483 e. The first-order valence-electron chi connectivity index (χ1n) is 11.4. The highest BCUT2D eigenvalue weighted by Crippen LogP contribution is 2.40. The van der Waals surface area contributed by atoms with E-state index < -0.39 is 10.0 Å². The van der Waals surface area contributed by atoms with Crippen LogP contribution in [-0.2, 0) is 19.6 Å². The fraction of sp³-hybridized carbons (Fsp3) is 0.636. The molecule has 2 N–H and O–H groups in total. The number of hydrogen-bond acceptors (Lipinski definition) is 6. The minimum atomic E-state index is -3.40. The highest BCUT2D eigenvalue weighted by atomic mass is 32.2. The smallest absolute Gasteiger partial charge is 0.260 e. The number of amides is 1. The predicted molar refractivity (Wildman–Crippen MR) is 119 cm³/mol. The number of aromatic amines is 1. The SMILES string of the molecule is CS(=O)(=O)N[C@H]1CCCN2C(=O)COc3cc4[nH]ncc4cc3C3CCC(CC3)OC[C@@H]12. The van der Waals surface area contributed by atoms with Gasteiger partial charge < -0.3 is 14.4 Å². The van der Waals surface area contributed by atoms with Crippen molar-refractivity contribution >= 4 is 26.8 Å². The van der Waals surface area contributed by atoms with Crippen LogP contribution in [0, 0.1) is 0 Å². The number of H-pyrrole nitrogens is 1. The number of piperidine rings is 1. The van der Waals surface area contributed by atoms with Crippen molar-refractivity contribution in [2.24, 2.45) is 0 Å². The molecule has 0 spiro atoms. The summed E-state index contributed by atoms with van der Waals surface area (Å²) in [6.07, 6.45) is 8.32. The van der Waals surface area contributed by atoms with Crippen LogP contribution in [0.4, 0.5) is 0 Å². The molecule has 0 unspecified atom stereocenters. The lowest BCUT2D eigenvalue weighted by atomic mass is 9.82. The van der Waals surface area contributed by atoms with E-state index in [9.17, 15) is 13.2 Å². The second kappa shape index (κ2) is 8.64. The zero-order chi connectivity index (χ0) is 22.3. The quantitative estimate of drug-likeness (QED) is 0.705. The Balaban J connectivity index is 1.47. The van der Waals surface area contributed by atoms with Gasteiger partial charge in [0.25, 0.3) is 5.91 Å². The van der Waals surface area contributed by atoms with Crippen LogP contribution in [0.3, 0.4) is 0 Å². The van der Waals surface area contributed by atoms with Crippen molar-refractivity contribution in [2.45, 2.75) is 62.6 Å². The van der Waals surface area contributed by atoms with Gasteiger partial charge in [-0.25, -0.2) is 13.1 Å². The molecule has 1 saturated heterocycles. The van der Waals surface area contributed by atoms with Crippen LogP contribution in [0.1, 0.15) is 50.0 Å². The second-order valence-corrected chi connectivity index (χ2v) is 11.0. The summed E-state index contributed by atoms with van der Waals surface area (Å²) in [6, 6.07) is 3.36. The number of nitrogens with zero attached hydrogens (tertiary/aromatic N) is 2. The molecule has 0 radical (unpaired) electrons. The highest BCUT2D eigenvalue weighted by Gasteiger charge is 2.37. The minimum absolute atomic E-state index is 0.0924. The van der Waals surface area contributed by atoms with Crippen LogP contribution in [-0.4, -0.2) is 73.6 Å². The average molecular weight is 463 g/mol. The van der Waals surface area contributed by atoms with Crippen LogP contribution in [0.25, 0.3) is 10.9 Å². The summed E-state index contributed by atoms with van der Waals surface area (Å²) in [4.78, 5) is 15.0. The zero-order valence-corrected chi connectivity index (χ0v) is 19.1. The van der Waals surface area contributed by atoms with Crippen molar-refractivity contribution in [2.75, 3.05) is 26.0 Å². The number of hydrogen-bond donors (Lipinski definition) is 2. The van der Waals surface area contributed by atoms with E-state index in [2.05, 4.69) is 21.0 Å². The van der Waals surface area contributed by atoms with Gasteiger partial charge in [-0.05, 0) is 56.1 Å². The van der Waals surface area contributed by atoms with Crippen molar-refractivity contribution in [3.63, 3.8) is 0 Å². The molecular weight excluding hydrogens is 432 g/mol. The Labute approximate surface area is 187 Å². The van der Waals surface area contributed by atoms with Gasteiger partial charge in [0.1, 0.15) is 5.75 Å². The van der Waals surface area contributed by atoms with E-state index in [1.807, 2.05) is 12.3 Å². The maximum atomic E-state index is 13.2. The highest BCUT2D eigenvalue weighted by molar-refractivity contribution is 7.88. The van der Waals surface area contributed by atoms with Gasteiger partial charge in [-0.15, -0.1) is 0 Å². The largest absolute Gasteiger partial charge is 0.483 e. The normalized spacial score (nSPS) is 29.4. The van der Waals surface area contributed by atoms with Crippen molar-refractivity contribution in [3.8, 4) is 5.75 Å². The molecule has 10 heteroatoms. The van der Waals surface area contributed by atoms with Gasteiger partial charge in [-0.1, -0.05) is 0 Å². The molecule has 32 heavy (non-hydrogen) atoms. The van der Waals surface area contributed by atoms with E-state index >= 15 is 0 Å². The third kappa shape index (κ3) is 4.49. The molecule has 2 aromatic rings. The Morgan fingerprint density at radius 1 is 1.19 bits per heavy atom. The Morgan fingerprint density at radius 2 is 2.00 bits per heavy atom. The monoisotopic (exact) mass is 462 g/mol. The summed E-state index contributed by atoms with van der Waals surface area (Å²) in [5.41, 5.74) is 2.00. The first-order valence-corrected chi connectivity index (χ1v) is 13.2. The number of nitrogens with one attached hydrogen (secondary N) is 2. The van der Waals surface area contributed by atoms with E-state index in [1.54, 1.807) is 4.90 Å². The van der Waals surface area contributed by atoms with Gasteiger partial charge in [-0.3, -0.25) is 9.89 Å². The molecule has 1 aliphatic carbocycles. The predicted octanol–water partition coefficient (Wildman–Crippen LogP) is 1.91. The fourth-order valence-corrected chi connectivity index (χ4v) is 6.24. The first-order chi connectivity index (χ1) is 15.4. The molecule has 1 amide bonds. The fourth-order valence-electron chi connectivity index (χ4n) is 5.42. The number of ether oxygens (including phenoxy) is 2. The Kier molecular flexibility index (Phi) is 5.85. The number of benzene rings is 1. The second-order valence-electron chi connectivity index (χ2n) is 9.24. The van der Waals surface area contributed by atoms with Crippen molar-refractivity contribution in [3.05, 3.63) is 23.9 Å². The van der Waals surface area contributed by atoms with Crippen LogP contribution in [0.2, 0.25) is 0 Å². The number of sulfonamides is 1. The van der Waals surface area contributed by atoms with Crippen LogP contribution in [0.15, 0.2) is 18.3 Å². The van der Waals surface area contributed by atoms with Crippen LogP contribution in [0.5, 0.6) is 5.75 Å². The number of rotatable bonds is 2. The summed E-state index contributed by atoms with van der Waals surface area (Å²) < 4.78 is 39.0. The van der Waals surface area contributed by atoms with E-state index in [1.165, 1.54) is 0 Å². The molecule has 174 valence electrons. The lowest BCUT2D eigenvalue weighted by Gasteiger charge is -2.41. The maximum absolute atomic E-state index is 13.2. The molecule has 3 aliphatic heterocycles. The van der Waals surface area contributed by atoms with E-state index in [-0.39, 0.29) is 30.7 Å². The summed E-state index contributed by atoms with van der Waals surface area (Å²) >= 11 is 0. The summed E-state index contributed by atoms with van der Waals surface area (Å²) in [7, 11) is -3.40. The lowest BCUT2D eigenvalue weighted by Crippen LogP contribution is -2.59. The maximum Gasteiger partial charge on any atom is 0.260 e. The molecular formula is C22H30N4O5S. The van der Waals surface area contributed by atoms with E-state index in [0.717, 1.165) is 60.6 Å². The Morgan fingerprint density at radius 3 is 2.78 bits per heavy atom.